The zero-order chi connectivity index (χ0) is 25.6. The molecule has 3 heterocycles. The van der Waals surface area contributed by atoms with Gasteiger partial charge in [0.2, 0.25) is 5.76 Å². The first-order valence-corrected chi connectivity index (χ1v) is 11.1. The van der Waals surface area contributed by atoms with E-state index in [2.05, 4.69) is 21.7 Å². The molecule has 0 unspecified atom stereocenters. The van der Waals surface area contributed by atoms with Crippen LogP contribution in [0, 0.1) is 22.6 Å². The number of nitriles is 1. The molecule has 0 saturated heterocycles. The van der Waals surface area contributed by atoms with Crippen LogP contribution in [0.2, 0.25) is 0 Å². The van der Waals surface area contributed by atoms with E-state index < -0.39 is 39.9 Å². The quantitative estimate of drug-likeness (QED) is 0.479. The van der Waals surface area contributed by atoms with Gasteiger partial charge in [0.25, 0.3) is 17.4 Å². The van der Waals surface area contributed by atoms with Crippen LogP contribution < -0.4 is 20.9 Å². The maximum atomic E-state index is 13.4. The fourth-order valence-electron chi connectivity index (χ4n) is 4.05. The Morgan fingerprint density at radius 3 is 2.64 bits per heavy atom. The third kappa shape index (κ3) is 3.82. The molecule has 1 aliphatic carbocycles. The summed E-state index contributed by atoms with van der Waals surface area (Å²) < 4.78 is 20.4. The first-order valence-electron chi connectivity index (χ1n) is 11.1. The largest absolute Gasteiger partial charge is 0.505 e. The molecule has 10 nitrogen and oxygen atoms in total. The summed E-state index contributed by atoms with van der Waals surface area (Å²) in [6.45, 7) is 0.123. The van der Waals surface area contributed by atoms with Gasteiger partial charge >= 0.3 is 0 Å². The minimum Gasteiger partial charge on any atom is -0.505 e. The minimum absolute atomic E-state index is 0.0665. The topological polar surface area (TPSA) is 146 Å². The van der Waals surface area contributed by atoms with Crippen molar-refractivity contribution in [2.75, 3.05) is 13.6 Å². The zero-order valence-corrected chi connectivity index (χ0v) is 19.1. The van der Waals surface area contributed by atoms with Crippen molar-refractivity contribution >= 4 is 29.0 Å². The van der Waals surface area contributed by atoms with Crippen molar-refractivity contribution in [3.05, 3.63) is 69.1 Å². The number of benzene rings is 1. The summed E-state index contributed by atoms with van der Waals surface area (Å²) in [6, 6.07) is 7.95. The molecule has 2 aliphatic rings. The van der Waals surface area contributed by atoms with Gasteiger partial charge in [-0.1, -0.05) is 12.1 Å². The van der Waals surface area contributed by atoms with Crippen LogP contribution in [0.4, 0.5) is 4.39 Å². The second kappa shape index (κ2) is 8.49. The van der Waals surface area contributed by atoms with Crippen molar-refractivity contribution in [1.29, 1.82) is 5.26 Å². The Hall–Kier alpha value is -4.72. The summed E-state index contributed by atoms with van der Waals surface area (Å²) >= 11 is 0. The molecule has 11 heteroatoms. The molecule has 3 aromatic rings. The highest BCUT2D eigenvalue weighted by molar-refractivity contribution is 6.04. The molecular formula is C25H20FN5O5. The van der Waals surface area contributed by atoms with Gasteiger partial charge in [-0.15, -0.1) is 0 Å². The van der Waals surface area contributed by atoms with Gasteiger partial charge in [0, 0.05) is 31.8 Å². The van der Waals surface area contributed by atoms with Crippen LogP contribution in [-0.2, 0) is 11.2 Å². The third-order valence-corrected chi connectivity index (χ3v) is 6.34. The Kier molecular flexibility index (Phi) is 5.44. The zero-order valence-electron chi connectivity index (χ0n) is 19.1. The summed E-state index contributed by atoms with van der Waals surface area (Å²) in [5, 5.41) is 25.0. The van der Waals surface area contributed by atoms with Crippen molar-refractivity contribution in [2.45, 2.75) is 19.3 Å². The number of carbonyl (C=O) groups is 2. The van der Waals surface area contributed by atoms with Gasteiger partial charge in [0.15, 0.2) is 11.5 Å². The molecular weight excluding hydrogens is 469 g/mol. The summed E-state index contributed by atoms with van der Waals surface area (Å²) in [6.07, 6.45) is 4.10. The molecule has 1 aliphatic heterocycles. The van der Waals surface area contributed by atoms with E-state index in [0.29, 0.717) is 24.0 Å². The lowest BCUT2D eigenvalue weighted by molar-refractivity contribution is -0.119. The Balaban J connectivity index is 1.64. The summed E-state index contributed by atoms with van der Waals surface area (Å²) in [7, 11) is 1.31. The third-order valence-electron chi connectivity index (χ3n) is 6.34. The molecule has 3 N–H and O–H groups in total. The van der Waals surface area contributed by atoms with E-state index in [-0.39, 0.29) is 35.5 Å². The predicted octanol–water partition coefficient (Wildman–Crippen LogP) is 1.80. The maximum absolute atomic E-state index is 13.4. The molecule has 1 fully saturated rings. The van der Waals surface area contributed by atoms with Crippen LogP contribution in [0.3, 0.4) is 0 Å². The normalized spacial score (nSPS) is 14.9. The van der Waals surface area contributed by atoms with Crippen LogP contribution in [0.25, 0.3) is 17.2 Å². The number of aromatic nitrogens is 2. The Morgan fingerprint density at radius 1 is 1.28 bits per heavy atom. The number of nitrogens with one attached hydrogen (secondary N) is 2. The average Bonchev–Trinajstić information content (AvgIpc) is 3.67. The van der Waals surface area contributed by atoms with Crippen molar-refractivity contribution in [3.63, 3.8) is 0 Å². The lowest BCUT2D eigenvalue weighted by Crippen LogP contribution is -2.35. The van der Waals surface area contributed by atoms with Crippen LogP contribution in [0.15, 0.2) is 41.0 Å². The number of aromatic hydroxyl groups is 1. The van der Waals surface area contributed by atoms with E-state index in [9.17, 15) is 29.1 Å². The van der Waals surface area contributed by atoms with Crippen molar-refractivity contribution < 1.29 is 23.8 Å². The summed E-state index contributed by atoms with van der Waals surface area (Å²) in [4.78, 5) is 42.9. The van der Waals surface area contributed by atoms with Crippen molar-refractivity contribution in [1.82, 2.24) is 20.2 Å². The van der Waals surface area contributed by atoms with Crippen molar-refractivity contribution in [2.24, 2.45) is 5.41 Å². The number of pyridine rings is 2. The standard InChI is InChI=1S/C25H20FN5O5/c1-28-23(34)17-20(32)18-19-21(14(9-29-18)8-13-2-4-15(26)5-3-13)36-16(10-31(19)24(17)35)22(33)30-12-25(11-27)6-7-25/h2-5,9-10,32H,6-8,12H2,1H3,(H,28,34)(H,30,33). The van der Waals surface area contributed by atoms with Gasteiger partial charge in [-0.3, -0.25) is 23.9 Å². The molecule has 2 aromatic heterocycles. The summed E-state index contributed by atoms with van der Waals surface area (Å²) in [5.74, 6) is -2.64. The molecule has 1 saturated carbocycles. The Labute approximate surface area is 203 Å². The number of carbonyl (C=O) groups excluding carboxylic acids is 2. The van der Waals surface area contributed by atoms with Gasteiger partial charge in [0.1, 0.15) is 22.4 Å². The first-order chi connectivity index (χ1) is 17.3. The van der Waals surface area contributed by atoms with E-state index in [1.54, 1.807) is 12.1 Å². The Bertz CT molecular complexity index is 1570. The molecule has 182 valence electrons. The van der Waals surface area contributed by atoms with Gasteiger partial charge in [0.05, 0.1) is 17.7 Å². The molecule has 2 amide bonds. The molecule has 0 radical (unpaired) electrons. The second-order valence-electron chi connectivity index (χ2n) is 8.76. The highest BCUT2D eigenvalue weighted by Gasteiger charge is 2.43. The van der Waals surface area contributed by atoms with Crippen LogP contribution >= 0.6 is 0 Å². The van der Waals surface area contributed by atoms with Gasteiger partial charge < -0.3 is 20.5 Å². The second-order valence-corrected chi connectivity index (χ2v) is 8.76. The van der Waals surface area contributed by atoms with E-state index in [1.807, 2.05) is 0 Å². The van der Waals surface area contributed by atoms with Gasteiger partial charge in [-0.25, -0.2) is 4.39 Å². The van der Waals surface area contributed by atoms with Crippen LogP contribution in [0.1, 0.15) is 34.3 Å². The van der Waals surface area contributed by atoms with Crippen LogP contribution in [0.5, 0.6) is 11.5 Å². The average molecular weight is 489 g/mol. The SMILES string of the molecule is CNC(=O)c1c(O)c2ncc(Cc3ccc(F)cc3)c3c2n(c1=O)C=C(C(=O)NCC1(C#N)CC1)O3. The van der Waals surface area contributed by atoms with Gasteiger partial charge in [-0.2, -0.15) is 5.26 Å². The van der Waals surface area contributed by atoms with E-state index in [4.69, 9.17) is 4.74 Å². The number of nitrogens with zero attached hydrogens (tertiary/aromatic N) is 3. The number of rotatable bonds is 6. The highest BCUT2D eigenvalue weighted by atomic mass is 19.1. The van der Waals surface area contributed by atoms with E-state index in [1.165, 1.54) is 25.4 Å². The lowest BCUT2D eigenvalue weighted by Gasteiger charge is -2.23. The molecule has 0 spiro atoms. The Morgan fingerprint density at radius 2 is 2.00 bits per heavy atom. The predicted molar refractivity (Wildman–Crippen MR) is 125 cm³/mol. The van der Waals surface area contributed by atoms with E-state index in [0.717, 1.165) is 10.8 Å². The number of hydrogen-bond donors (Lipinski definition) is 3. The number of amides is 2. The molecule has 0 atom stereocenters. The number of ether oxygens (including phenoxy) is 1. The molecule has 1 aromatic carbocycles. The molecule has 0 bridgehead atoms. The molecule has 5 rings (SSSR count). The van der Waals surface area contributed by atoms with Crippen LogP contribution in [-0.4, -0.2) is 40.1 Å². The van der Waals surface area contributed by atoms with Gasteiger partial charge in [-0.05, 0) is 30.5 Å². The number of hydrogen-bond acceptors (Lipinski definition) is 7. The lowest BCUT2D eigenvalue weighted by atomic mass is 10.0. The first kappa shape index (κ1) is 23.0. The summed E-state index contributed by atoms with van der Waals surface area (Å²) in [5.41, 5.74) is -0.818. The monoisotopic (exact) mass is 489 g/mol. The fraction of sp³-hybridized carbons (Fsp3) is 0.240. The number of halogens is 1. The highest BCUT2D eigenvalue weighted by Crippen LogP contribution is 2.44. The van der Waals surface area contributed by atoms with Crippen molar-refractivity contribution in [3.8, 4) is 17.6 Å². The maximum Gasteiger partial charge on any atom is 0.288 e. The smallest absolute Gasteiger partial charge is 0.288 e. The fourth-order valence-corrected chi connectivity index (χ4v) is 4.05. The van der Waals surface area contributed by atoms with E-state index >= 15 is 0 Å². The molecule has 36 heavy (non-hydrogen) atoms. The minimum atomic E-state index is -0.870.